The normalized spacial score (nSPS) is 10.8. The molecule has 0 spiro atoms. The SMILES string of the molecule is COc1ccc(/C=N/NC(=O)c2cc3cccc(OC)c3oc2=N)cc1. The van der Waals surface area contributed by atoms with Crippen LogP contribution in [0.3, 0.4) is 0 Å². The predicted molar refractivity (Wildman–Crippen MR) is 96.7 cm³/mol. The highest BCUT2D eigenvalue weighted by atomic mass is 16.5. The average molecular weight is 351 g/mol. The first kappa shape index (κ1) is 17.2. The molecule has 1 heterocycles. The summed E-state index contributed by atoms with van der Waals surface area (Å²) in [6.07, 6.45) is 1.50. The third-order valence-corrected chi connectivity index (χ3v) is 3.72. The van der Waals surface area contributed by atoms with Gasteiger partial charge in [0.05, 0.1) is 20.4 Å². The molecule has 2 aromatic carbocycles. The third-order valence-electron chi connectivity index (χ3n) is 3.72. The standard InChI is InChI=1S/C19H17N3O4/c1-24-14-8-6-12(7-9-14)11-21-22-19(23)15-10-13-4-3-5-16(25-2)17(13)26-18(15)20/h3-11,20H,1-2H3,(H,22,23)/b20-18?,21-11+. The molecule has 0 saturated carbocycles. The van der Waals surface area contributed by atoms with Crippen LogP contribution in [0.2, 0.25) is 0 Å². The Labute approximate surface area is 149 Å². The molecule has 0 radical (unpaired) electrons. The van der Waals surface area contributed by atoms with Crippen molar-refractivity contribution in [3.05, 3.63) is 65.2 Å². The molecule has 7 nitrogen and oxygen atoms in total. The second-order valence-electron chi connectivity index (χ2n) is 5.34. The van der Waals surface area contributed by atoms with E-state index in [1.807, 2.05) is 12.1 Å². The van der Waals surface area contributed by atoms with E-state index in [9.17, 15) is 4.79 Å². The second kappa shape index (κ2) is 7.52. The minimum absolute atomic E-state index is 0.0811. The van der Waals surface area contributed by atoms with E-state index in [1.165, 1.54) is 13.3 Å². The molecule has 132 valence electrons. The maximum atomic E-state index is 12.3. The molecule has 1 amide bonds. The number of hydrazone groups is 1. The lowest BCUT2D eigenvalue weighted by molar-refractivity contribution is 0.0951. The van der Waals surface area contributed by atoms with Gasteiger partial charge in [0.25, 0.3) is 5.91 Å². The fraction of sp³-hybridized carbons (Fsp3) is 0.105. The van der Waals surface area contributed by atoms with Crippen LogP contribution >= 0.6 is 0 Å². The molecule has 0 aliphatic heterocycles. The molecule has 0 fully saturated rings. The van der Waals surface area contributed by atoms with Crippen molar-refractivity contribution in [3.63, 3.8) is 0 Å². The van der Waals surface area contributed by atoms with Crippen molar-refractivity contribution < 1.29 is 18.7 Å². The fourth-order valence-corrected chi connectivity index (χ4v) is 2.38. The van der Waals surface area contributed by atoms with Crippen LogP contribution in [0.1, 0.15) is 15.9 Å². The van der Waals surface area contributed by atoms with Gasteiger partial charge in [0.15, 0.2) is 11.3 Å². The van der Waals surface area contributed by atoms with Crippen LogP contribution in [0.5, 0.6) is 11.5 Å². The van der Waals surface area contributed by atoms with E-state index in [0.717, 1.165) is 11.3 Å². The highest BCUT2D eigenvalue weighted by molar-refractivity contribution is 5.97. The predicted octanol–water partition coefficient (Wildman–Crippen LogP) is 2.69. The number of methoxy groups -OCH3 is 2. The number of ether oxygens (including phenoxy) is 2. The smallest absolute Gasteiger partial charge is 0.276 e. The number of carbonyl (C=O) groups is 1. The quantitative estimate of drug-likeness (QED) is 0.545. The first-order chi connectivity index (χ1) is 12.6. The number of fused-ring (bicyclic) bond motifs is 1. The van der Waals surface area contributed by atoms with Crippen molar-refractivity contribution in [3.8, 4) is 11.5 Å². The van der Waals surface area contributed by atoms with Crippen LogP contribution in [0.4, 0.5) is 0 Å². The maximum absolute atomic E-state index is 12.3. The minimum Gasteiger partial charge on any atom is -0.497 e. The Hall–Kier alpha value is -3.61. The van der Waals surface area contributed by atoms with E-state index in [-0.39, 0.29) is 11.1 Å². The summed E-state index contributed by atoms with van der Waals surface area (Å²) < 4.78 is 15.7. The van der Waals surface area contributed by atoms with Crippen LogP contribution in [0, 0.1) is 5.41 Å². The summed E-state index contributed by atoms with van der Waals surface area (Å²) in [5, 5.41) is 12.5. The van der Waals surface area contributed by atoms with E-state index >= 15 is 0 Å². The molecule has 1 aromatic heterocycles. The lowest BCUT2D eigenvalue weighted by atomic mass is 10.1. The number of nitrogens with zero attached hydrogens (tertiary/aromatic N) is 1. The van der Waals surface area contributed by atoms with Crippen LogP contribution in [-0.2, 0) is 0 Å². The van der Waals surface area contributed by atoms with Gasteiger partial charge in [-0.1, -0.05) is 12.1 Å². The van der Waals surface area contributed by atoms with Gasteiger partial charge in [0.1, 0.15) is 11.3 Å². The van der Waals surface area contributed by atoms with E-state index in [4.69, 9.17) is 19.3 Å². The summed E-state index contributed by atoms with van der Waals surface area (Å²) in [5.41, 5.74) is 3.43. The van der Waals surface area contributed by atoms with Crippen molar-refractivity contribution in [2.45, 2.75) is 0 Å². The summed E-state index contributed by atoms with van der Waals surface area (Å²) in [5.74, 6) is 0.701. The van der Waals surface area contributed by atoms with Crippen LogP contribution in [0.15, 0.2) is 58.0 Å². The molecule has 3 aromatic rings. The Bertz CT molecular complexity index is 1020. The van der Waals surface area contributed by atoms with Gasteiger partial charge >= 0.3 is 0 Å². The largest absolute Gasteiger partial charge is 0.497 e. The van der Waals surface area contributed by atoms with Crippen molar-refractivity contribution in [2.75, 3.05) is 14.2 Å². The summed E-state index contributed by atoms with van der Waals surface area (Å²) in [6, 6.07) is 14.1. The summed E-state index contributed by atoms with van der Waals surface area (Å²) in [6.45, 7) is 0. The Morgan fingerprint density at radius 1 is 1.15 bits per heavy atom. The first-order valence-corrected chi connectivity index (χ1v) is 7.75. The zero-order chi connectivity index (χ0) is 18.5. The van der Waals surface area contributed by atoms with Gasteiger partial charge in [-0.3, -0.25) is 10.2 Å². The number of hydrogen-bond donors (Lipinski definition) is 2. The minimum atomic E-state index is -0.534. The molecule has 0 atom stereocenters. The van der Waals surface area contributed by atoms with Crippen molar-refractivity contribution in [1.29, 1.82) is 5.41 Å². The number of hydrogen-bond acceptors (Lipinski definition) is 6. The number of carbonyl (C=O) groups excluding carboxylic acids is 1. The van der Waals surface area contributed by atoms with Gasteiger partial charge < -0.3 is 13.9 Å². The average Bonchev–Trinajstić information content (AvgIpc) is 2.67. The van der Waals surface area contributed by atoms with E-state index in [0.29, 0.717) is 16.7 Å². The number of nitrogens with one attached hydrogen (secondary N) is 2. The Morgan fingerprint density at radius 2 is 1.92 bits per heavy atom. The molecule has 7 heteroatoms. The van der Waals surface area contributed by atoms with Crippen LogP contribution < -0.4 is 20.5 Å². The molecule has 0 unspecified atom stereocenters. The molecule has 3 rings (SSSR count). The molecule has 26 heavy (non-hydrogen) atoms. The van der Waals surface area contributed by atoms with Gasteiger partial charge in [-0.2, -0.15) is 5.10 Å². The lowest BCUT2D eigenvalue weighted by Gasteiger charge is -2.06. The Kier molecular flexibility index (Phi) is 4.98. The van der Waals surface area contributed by atoms with Gasteiger partial charge in [-0.05, 0) is 42.0 Å². The summed E-state index contributed by atoms with van der Waals surface area (Å²) in [4.78, 5) is 12.3. The summed E-state index contributed by atoms with van der Waals surface area (Å²) in [7, 11) is 3.11. The van der Waals surface area contributed by atoms with Gasteiger partial charge in [-0.25, -0.2) is 5.43 Å². The number of amides is 1. The Balaban J connectivity index is 1.80. The fourth-order valence-electron chi connectivity index (χ4n) is 2.38. The van der Waals surface area contributed by atoms with Crippen LogP contribution in [-0.4, -0.2) is 26.3 Å². The Morgan fingerprint density at radius 3 is 2.62 bits per heavy atom. The van der Waals surface area contributed by atoms with Gasteiger partial charge in [-0.15, -0.1) is 0 Å². The van der Waals surface area contributed by atoms with Crippen molar-refractivity contribution >= 4 is 23.1 Å². The molecule has 0 saturated heterocycles. The maximum Gasteiger partial charge on any atom is 0.276 e. The topological polar surface area (TPSA) is 96.9 Å². The van der Waals surface area contributed by atoms with E-state index in [1.54, 1.807) is 43.5 Å². The zero-order valence-electron chi connectivity index (χ0n) is 14.3. The van der Waals surface area contributed by atoms with Crippen LogP contribution in [0.25, 0.3) is 11.0 Å². The van der Waals surface area contributed by atoms with E-state index in [2.05, 4.69) is 10.5 Å². The van der Waals surface area contributed by atoms with Gasteiger partial charge in [0, 0.05) is 5.39 Å². The molecule has 0 aliphatic rings. The molecule has 2 N–H and O–H groups in total. The highest BCUT2D eigenvalue weighted by Crippen LogP contribution is 2.24. The molecule has 0 bridgehead atoms. The zero-order valence-corrected chi connectivity index (χ0v) is 14.3. The molecular weight excluding hydrogens is 334 g/mol. The summed E-state index contributed by atoms with van der Waals surface area (Å²) >= 11 is 0. The lowest BCUT2D eigenvalue weighted by Crippen LogP contribution is -2.24. The number of rotatable bonds is 5. The molecular formula is C19H17N3O4. The monoisotopic (exact) mass is 351 g/mol. The van der Waals surface area contributed by atoms with E-state index < -0.39 is 5.91 Å². The highest BCUT2D eigenvalue weighted by Gasteiger charge is 2.13. The second-order valence-corrected chi connectivity index (χ2v) is 5.34. The van der Waals surface area contributed by atoms with Crippen molar-refractivity contribution in [1.82, 2.24) is 5.43 Å². The first-order valence-electron chi connectivity index (χ1n) is 7.75. The number of benzene rings is 2. The third kappa shape index (κ3) is 3.56. The van der Waals surface area contributed by atoms with Gasteiger partial charge in [0.2, 0.25) is 5.55 Å². The van der Waals surface area contributed by atoms with Crippen molar-refractivity contribution in [2.24, 2.45) is 5.10 Å². The molecule has 0 aliphatic carbocycles. The number of para-hydroxylation sites is 1.